The second-order valence-electron chi connectivity index (χ2n) is 8.62. The maximum atomic E-state index is 12.1. The van der Waals surface area contributed by atoms with Crippen LogP contribution in [0.4, 0.5) is 4.79 Å². The normalized spacial score (nSPS) is 24.3. The zero-order valence-corrected chi connectivity index (χ0v) is 20.6. The molecule has 2 saturated heterocycles. The van der Waals surface area contributed by atoms with Crippen molar-refractivity contribution < 1.29 is 9.53 Å². The number of halogens is 1. The van der Waals surface area contributed by atoms with Crippen molar-refractivity contribution in [2.75, 3.05) is 39.0 Å². The van der Waals surface area contributed by atoms with Crippen LogP contribution < -0.4 is 10.6 Å². The van der Waals surface area contributed by atoms with Gasteiger partial charge < -0.3 is 20.3 Å². The first kappa shape index (κ1) is 24.7. The zero-order chi connectivity index (χ0) is 19.2. The van der Waals surface area contributed by atoms with Gasteiger partial charge in [-0.3, -0.25) is 4.99 Å². The van der Waals surface area contributed by atoms with Gasteiger partial charge in [-0.05, 0) is 65.0 Å². The highest BCUT2D eigenvalue weighted by molar-refractivity contribution is 14.0. The van der Waals surface area contributed by atoms with Crippen molar-refractivity contribution in [3.63, 3.8) is 0 Å². The molecule has 1 atom stereocenters. The summed E-state index contributed by atoms with van der Waals surface area (Å²) >= 11 is 2.06. The van der Waals surface area contributed by atoms with Gasteiger partial charge in [0.2, 0.25) is 0 Å². The molecular weight excluding hydrogens is 475 g/mol. The minimum Gasteiger partial charge on any atom is -0.444 e. The van der Waals surface area contributed by atoms with Crippen molar-refractivity contribution in [2.45, 2.75) is 63.7 Å². The number of rotatable bonds is 4. The number of amides is 1. The molecule has 2 N–H and O–H groups in total. The first-order valence-corrected chi connectivity index (χ1v) is 10.8. The van der Waals surface area contributed by atoms with Crippen molar-refractivity contribution in [3.8, 4) is 0 Å². The third-order valence-electron chi connectivity index (χ3n) is 4.98. The molecule has 1 amide bonds. The highest BCUT2D eigenvalue weighted by Gasteiger charge is 2.30. The Morgan fingerprint density at radius 3 is 2.48 bits per heavy atom. The van der Waals surface area contributed by atoms with Gasteiger partial charge in [0.05, 0.1) is 0 Å². The number of carbonyl (C=O) groups is 1. The SMILES string of the molecule is CN=C(NCC1CCN(C(=O)OC(C)(C)C)CC1)NCC1(C)CCCS1.I. The fourth-order valence-electron chi connectivity index (χ4n) is 3.35. The van der Waals surface area contributed by atoms with Crippen LogP contribution in [0, 0.1) is 5.92 Å². The summed E-state index contributed by atoms with van der Waals surface area (Å²) in [5.74, 6) is 2.71. The summed E-state index contributed by atoms with van der Waals surface area (Å²) in [5, 5.41) is 6.94. The Hall–Kier alpha value is -0.380. The van der Waals surface area contributed by atoms with Crippen LogP contribution in [0.3, 0.4) is 0 Å². The Morgan fingerprint density at radius 2 is 1.96 bits per heavy atom. The summed E-state index contributed by atoms with van der Waals surface area (Å²) in [7, 11) is 1.82. The van der Waals surface area contributed by atoms with Gasteiger partial charge in [0.1, 0.15) is 5.60 Å². The summed E-state index contributed by atoms with van der Waals surface area (Å²) in [6.07, 6.45) is 4.38. The number of aliphatic imine (C=N–C) groups is 1. The van der Waals surface area contributed by atoms with Crippen LogP contribution in [0.2, 0.25) is 0 Å². The van der Waals surface area contributed by atoms with Crippen molar-refractivity contribution in [3.05, 3.63) is 0 Å². The van der Waals surface area contributed by atoms with E-state index in [4.69, 9.17) is 4.74 Å². The van der Waals surface area contributed by atoms with E-state index in [-0.39, 0.29) is 30.1 Å². The van der Waals surface area contributed by atoms with Crippen molar-refractivity contribution in [1.29, 1.82) is 0 Å². The fourth-order valence-corrected chi connectivity index (χ4v) is 4.60. The molecule has 2 rings (SSSR count). The summed E-state index contributed by atoms with van der Waals surface area (Å²) < 4.78 is 5.79. The number of ether oxygens (including phenoxy) is 1. The Bertz CT molecular complexity index is 496. The molecule has 2 aliphatic rings. The molecule has 8 heteroatoms. The van der Waals surface area contributed by atoms with E-state index < -0.39 is 5.60 Å². The molecule has 0 aliphatic carbocycles. The predicted octanol–water partition coefficient (Wildman–Crippen LogP) is 3.70. The van der Waals surface area contributed by atoms with Crippen LogP contribution >= 0.6 is 35.7 Å². The smallest absolute Gasteiger partial charge is 0.410 e. The number of nitrogens with zero attached hydrogens (tertiary/aromatic N) is 2. The molecule has 2 fully saturated rings. The number of hydrogen-bond donors (Lipinski definition) is 2. The predicted molar refractivity (Wildman–Crippen MR) is 125 cm³/mol. The Morgan fingerprint density at radius 1 is 1.30 bits per heavy atom. The van der Waals surface area contributed by atoms with E-state index in [0.717, 1.165) is 45.0 Å². The second-order valence-corrected chi connectivity index (χ2v) is 10.3. The van der Waals surface area contributed by atoms with Crippen molar-refractivity contribution in [2.24, 2.45) is 10.9 Å². The van der Waals surface area contributed by atoms with E-state index in [0.29, 0.717) is 10.7 Å². The molecule has 27 heavy (non-hydrogen) atoms. The molecule has 0 aromatic carbocycles. The van der Waals surface area contributed by atoms with Crippen LogP contribution in [-0.2, 0) is 4.74 Å². The Kier molecular flexibility index (Phi) is 10.0. The first-order chi connectivity index (χ1) is 12.2. The minimum atomic E-state index is -0.429. The molecule has 0 saturated carbocycles. The lowest BCUT2D eigenvalue weighted by molar-refractivity contribution is 0.0185. The van der Waals surface area contributed by atoms with Crippen LogP contribution in [0.1, 0.15) is 53.4 Å². The molecule has 158 valence electrons. The zero-order valence-electron chi connectivity index (χ0n) is 17.5. The molecule has 0 bridgehead atoms. The Labute approximate surface area is 186 Å². The maximum Gasteiger partial charge on any atom is 0.410 e. The molecule has 2 heterocycles. The largest absolute Gasteiger partial charge is 0.444 e. The summed E-state index contributed by atoms with van der Waals surface area (Å²) in [6, 6.07) is 0. The topological polar surface area (TPSA) is 66.0 Å². The lowest BCUT2D eigenvalue weighted by Crippen LogP contribution is -2.47. The van der Waals surface area contributed by atoms with Crippen LogP contribution in [0.25, 0.3) is 0 Å². The summed E-state index contributed by atoms with van der Waals surface area (Å²) in [4.78, 5) is 18.3. The molecule has 6 nitrogen and oxygen atoms in total. The fraction of sp³-hybridized carbons (Fsp3) is 0.895. The summed E-state index contributed by atoms with van der Waals surface area (Å²) in [6.45, 7) is 11.4. The maximum absolute atomic E-state index is 12.1. The van der Waals surface area contributed by atoms with Crippen LogP contribution in [0.5, 0.6) is 0 Å². The number of thioether (sulfide) groups is 1. The Balaban J connectivity index is 0.00000364. The third kappa shape index (κ3) is 8.66. The van der Waals surface area contributed by atoms with Crippen LogP contribution in [0.15, 0.2) is 4.99 Å². The van der Waals surface area contributed by atoms with E-state index in [1.807, 2.05) is 32.7 Å². The second kappa shape index (κ2) is 11.0. The number of nitrogens with one attached hydrogen (secondary N) is 2. The number of carbonyl (C=O) groups excluding carboxylic acids is 1. The highest BCUT2D eigenvalue weighted by atomic mass is 127. The van der Waals surface area contributed by atoms with Gasteiger partial charge in [-0.25, -0.2) is 4.79 Å². The molecule has 0 radical (unpaired) electrons. The van der Waals surface area contributed by atoms with E-state index in [1.54, 1.807) is 0 Å². The van der Waals surface area contributed by atoms with Gasteiger partial charge in [0.15, 0.2) is 5.96 Å². The molecule has 0 aromatic heterocycles. The monoisotopic (exact) mass is 512 g/mol. The number of likely N-dealkylation sites (tertiary alicyclic amines) is 1. The summed E-state index contributed by atoms with van der Waals surface area (Å²) in [5.41, 5.74) is -0.429. The minimum absolute atomic E-state index is 0. The van der Waals surface area contributed by atoms with E-state index in [2.05, 4.69) is 34.3 Å². The van der Waals surface area contributed by atoms with E-state index in [9.17, 15) is 4.79 Å². The molecular formula is C19H37IN4O2S. The number of guanidine groups is 1. The molecule has 2 aliphatic heterocycles. The lowest BCUT2D eigenvalue weighted by atomic mass is 9.97. The molecule has 0 aromatic rings. The van der Waals surface area contributed by atoms with Gasteiger partial charge in [-0.1, -0.05) is 0 Å². The van der Waals surface area contributed by atoms with Gasteiger partial charge in [-0.15, -0.1) is 24.0 Å². The number of piperidine rings is 1. The quantitative estimate of drug-likeness (QED) is 0.342. The first-order valence-electron chi connectivity index (χ1n) is 9.77. The van der Waals surface area contributed by atoms with Gasteiger partial charge in [-0.2, -0.15) is 11.8 Å². The van der Waals surface area contributed by atoms with Gasteiger partial charge in [0.25, 0.3) is 0 Å². The highest BCUT2D eigenvalue weighted by Crippen LogP contribution is 2.36. The van der Waals surface area contributed by atoms with Gasteiger partial charge >= 0.3 is 6.09 Å². The average molecular weight is 513 g/mol. The van der Waals surface area contributed by atoms with Crippen molar-refractivity contribution >= 4 is 47.8 Å². The lowest BCUT2D eigenvalue weighted by Gasteiger charge is -2.33. The molecule has 1 unspecified atom stereocenters. The molecule has 0 spiro atoms. The average Bonchev–Trinajstić information content (AvgIpc) is 3.01. The van der Waals surface area contributed by atoms with Gasteiger partial charge in [0, 0.05) is 38.0 Å². The van der Waals surface area contributed by atoms with Crippen molar-refractivity contribution in [1.82, 2.24) is 15.5 Å². The standard InChI is InChI=1S/C19H36N4O2S.HI/c1-18(2,3)25-17(24)23-10-7-15(8-11-23)13-21-16(20-5)22-14-19(4)9-6-12-26-19;/h15H,6-14H2,1-5H3,(H2,20,21,22);1H. The third-order valence-corrected chi connectivity index (χ3v) is 6.52. The van der Waals surface area contributed by atoms with E-state index >= 15 is 0 Å². The number of hydrogen-bond acceptors (Lipinski definition) is 4. The van der Waals surface area contributed by atoms with Crippen LogP contribution in [-0.4, -0.2) is 66.3 Å². The van der Waals surface area contributed by atoms with E-state index in [1.165, 1.54) is 18.6 Å².